The summed E-state index contributed by atoms with van der Waals surface area (Å²) in [5, 5.41) is 0.988. The Morgan fingerprint density at radius 1 is 1.35 bits per heavy atom. The Kier molecular flexibility index (Phi) is 5.55. The minimum absolute atomic E-state index is 0.0192. The van der Waals surface area contributed by atoms with Crippen molar-refractivity contribution in [1.29, 1.82) is 0 Å². The molecule has 0 aliphatic carbocycles. The molecule has 0 spiro atoms. The zero-order valence-electron chi connectivity index (χ0n) is 15.3. The predicted molar refractivity (Wildman–Crippen MR) is 102 cm³/mol. The van der Waals surface area contributed by atoms with Gasteiger partial charge in [0.2, 0.25) is 5.91 Å². The lowest BCUT2D eigenvalue weighted by Crippen LogP contribution is -2.45. The van der Waals surface area contributed by atoms with Crippen LogP contribution in [0.2, 0.25) is 0 Å². The van der Waals surface area contributed by atoms with Gasteiger partial charge in [-0.3, -0.25) is 4.79 Å². The van der Waals surface area contributed by atoms with Crippen molar-refractivity contribution in [2.45, 2.75) is 38.1 Å². The molecule has 1 fully saturated rings. The van der Waals surface area contributed by atoms with Gasteiger partial charge in [-0.15, -0.1) is 0 Å². The third-order valence-corrected chi connectivity index (χ3v) is 6.06. The number of ether oxygens (including phenoxy) is 1. The first-order valence-electron chi connectivity index (χ1n) is 8.98. The summed E-state index contributed by atoms with van der Waals surface area (Å²) in [6, 6.07) is 5.78. The van der Waals surface area contributed by atoms with Crippen LogP contribution < -0.4 is 4.74 Å². The molecule has 1 N–H and O–H groups in total. The van der Waals surface area contributed by atoms with Gasteiger partial charge in [0.25, 0.3) is 0 Å². The van der Waals surface area contributed by atoms with Crippen molar-refractivity contribution in [1.82, 2.24) is 9.88 Å². The van der Waals surface area contributed by atoms with Crippen LogP contribution in [0.25, 0.3) is 10.9 Å². The molecule has 3 rings (SSSR count). The third-order valence-electron chi connectivity index (χ3n) is 5.09. The number of carbonyl (C=O) groups is 1. The van der Waals surface area contributed by atoms with Crippen molar-refractivity contribution in [3.63, 3.8) is 0 Å². The Balaban J connectivity index is 1.75. The number of amides is 1. The molecule has 1 unspecified atom stereocenters. The fourth-order valence-electron chi connectivity index (χ4n) is 3.67. The lowest BCUT2D eigenvalue weighted by Gasteiger charge is -2.36. The highest BCUT2D eigenvalue weighted by molar-refractivity contribution is 7.90. The maximum absolute atomic E-state index is 12.9. The van der Waals surface area contributed by atoms with Crippen LogP contribution in [0, 0.1) is 0 Å². The summed E-state index contributed by atoms with van der Waals surface area (Å²) in [4.78, 5) is 18.0. The number of methoxy groups -OCH3 is 1. The third kappa shape index (κ3) is 4.38. The molecule has 1 aliphatic rings. The minimum atomic E-state index is -3.02. The Morgan fingerprint density at radius 3 is 2.88 bits per heavy atom. The summed E-state index contributed by atoms with van der Waals surface area (Å²) in [6.45, 7) is 0.707. The van der Waals surface area contributed by atoms with E-state index < -0.39 is 9.84 Å². The molecule has 1 aromatic carbocycles. The predicted octanol–water partition coefficient (Wildman–Crippen LogP) is 2.53. The maximum Gasteiger partial charge on any atom is 0.227 e. The molecule has 0 radical (unpaired) electrons. The van der Waals surface area contributed by atoms with Crippen LogP contribution in [0.15, 0.2) is 24.4 Å². The fraction of sp³-hybridized carbons (Fsp3) is 0.526. The van der Waals surface area contributed by atoms with Crippen molar-refractivity contribution in [3.8, 4) is 5.75 Å². The van der Waals surface area contributed by atoms with E-state index in [0.29, 0.717) is 19.4 Å². The van der Waals surface area contributed by atoms with E-state index in [1.165, 1.54) is 6.26 Å². The number of rotatable bonds is 6. The van der Waals surface area contributed by atoms with Crippen LogP contribution in [0.4, 0.5) is 0 Å². The molecule has 0 saturated carbocycles. The van der Waals surface area contributed by atoms with E-state index in [0.717, 1.165) is 41.5 Å². The highest BCUT2D eigenvalue weighted by Crippen LogP contribution is 2.26. The van der Waals surface area contributed by atoms with Gasteiger partial charge in [0.05, 0.1) is 19.3 Å². The second kappa shape index (κ2) is 7.70. The Bertz CT molecular complexity index is 888. The van der Waals surface area contributed by atoms with Gasteiger partial charge < -0.3 is 14.6 Å². The zero-order chi connectivity index (χ0) is 18.7. The van der Waals surface area contributed by atoms with E-state index in [1.807, 2.05) is 29.3 Å². The first-order valence-corrected chi connectivity index (χ1v) is 11.0. The van der Waals surface area contributed by atoms with Gasteiger partial charge in [-0.2, -0.15) is 0 Å². The average Bonchev–Trinajstić information content (AvgIpc) is 3.01. The topological polar surface area (TPSA) is 79.5 Å². The molecule has 142 valence electrons. The van der Waals surface area contributed by atoms with Gasteiger partial charge in [-0.25, -0.2) is 8.42 Å². The second-order valence-electron chi connectivity index (χ2n) is 7.06. The number of H-pyrrole nitrogens is 1. The van der Waals surface area contributed by atoms with Gasteiger partial charge in [-0.1, -0.05) is 0 Å². The van der Waals surface area contributed by atoms with Gasteiger partial charge in [0.1, 0.15) is 15.6 Å². The maximum atomic E-state index is 12.9. The molecule has 0 bridgehead atoms. The summed E-state index contributed by atoms with van der Waals surface area (Å²) in [6.07, 6.45) is 6.85. The van der Waals surface area contributed by atoms with Gasteiger partial charge in [-0.05, 0) is 49.4 Å². The quantitative estimate of drug-likeness (QED) is 0.838. The second-order valence-corrected chi connectivity index (χ2v) is 9.32. The number of nitrogens with zero attached hydrogens (tertiary/aromatic N) is 1. The molecule has 1 aliphatic heterocycles. The largest absolute Gasteiger partial charge is 0.497 e. The van der Waals surface area contributed by atoms with Crippen molar-refractivity contribution in [2.75, 3.05) is 25.7 Å². The molecule has 7 heteroatoms. The van der Waals surface area contributed by atoms with Crippen LogP contribution in [-0.2, 0) is 21.1 Å². The smallest absolute Gasteiger partial charge is 0.227 e. The number of likely N-dealkylation sites (tertiary alicyclic amines) is 1. The molecule has 1 saturated heterocycles. The highest BCUT2D eigenvalue weighted by Gasteiger charge is 2.27. The molecule has 1 amide bonds. The summed E-state index contributed by atoms with van der Waals surface area (Å²) >= 11 is 0. The molecular weight excluding hydrogens is 352 g/mol. The van der Waals surface area contributed by atoms with Crippen LogP contribution in [0.5, 0.6) is 5.75 Å². The number of hydrogen-bond donors (Lipinski definition) is 1. The number of carbonyl (C=O) groups excluding carboxylic acids is 1. The SMILES string of the molecule is COc1ccc2[nH]cc(CC(=O)N3CCCCC3CCS(C)(=O)=O)c2c1. The van der Waals surface area contributed by atoms with E-state index in [4.69, 9.17) is 4.74 Å². The molecule has 6 nitrogen and oxygen atoms in total. The average molecular weight is 378 g/mol. The highest BCUT2D eigenvalue weighted by atomic mass is 32.2. The van der Waals surface area contributed by atoms with Crippen molar-refractivity contribution in [2.24, 2.45) is 0 Å². The Hall–Kier alpha value is -2.02. The first kappa shape index (κ1) is 18.8. The summed E-state index contributed by atoms with van der Waals surface area (Å²) in [5.41, 5.74) is 1.91. The van der Waals surface area contributed by atoms with Crippen molar-refractivity contribution < 1.29 is 17.9 Å². The van der Waals surface area contributed by atoms with Gasteiger partial charge in [0.15, 0.2) is 0 Å². The Morgan fingerprint density at radius 2 is 2.15 bits per heavy atom. The molecule has 1 aromatic heterocycles. The number of sulfone groups is 1. The van der Waals surface area contributed by atoms with Crippen LogP contribution in [0.1, 0.15) is 31.2 Å². The summed E-state index contributed by atoms with van der Waals surface area (Å²) in [5.74, 6) is 0.952. The normalized spacial score (nSPS) is 18.2. The van der Waals surface area contributed by atoms with Crippen LogP contribution >= 0.6 is 0 Å². The fourth-order valence-corrected chi connectivity index (χ4v) is 4.37. The lowest BCUT2D eigenvalue weighted by molar-refractivity contribution is -0.134. The van der Waals surface area contributed by atoms with Crippen LogP contribution in [-0.4, -0.2) is 55.9 Å². The number of piperidine rings is 1. The first-order chi connectivity index (χ1) is 12.4. The zero-order valence-corrected chi connectivity index (χ0v) is 16.1. The number of fused-ring (bicyclic) bond motifs is 1. The van der Waals surface area contributed by atoms with Crippen molar-refractivity contribution >= 4 is 26.6 Å². The monoisotopic (exact) mass is 378 g/mol. The summed E-state index contributed by atoms with van der Waals surface area (Å²) in [7, 11) is -1.39. The van der Waals surface area contributed by atoms with Crippen LogP contribution in [0.3, 0.4) is 0 Å². The number of aromatic amines is 1. The van der Waals surface area contributed by atoms with E-state index >= 15 is 0 Å². The van der Waals surface area contributed by atoms with Gasteiger partial charge >= 0.3 is 0 Å². The number of benzene rings is 1. The molecule has 26 heavy (non-hydrogen) atoms. The molecule has 2 aromatic rings. The van der Waals surface area contributed by atoms with E-state index in [2.05, 4.69) is 4.98 Å². The standard InChI is InChI=1S/C19H26N2O4S/c1-25-16-6-7-18-17(12-16)14(13-20-18)11-19(22)21-9-4-3-5-15(21)8-10-26(2,23)24/h6-7,12-13,15,20H,3-5,8-11H2,1-2H3. The number of aromatic nitrogens is 1. The lowest BCUT2D eigenvalue weighted by atomic mass is 9.98. The van der Waals surface area contributed by atoms with E-state index in [1.54, 1.807) is 7.11 Å². The number of hydrogen-bond acceptors (Lipinski definition) is 4. The molecule has 1 atom stereocenters. The number of nitrogens with one attached hydrogen (secondary N) is 1. The Labute approximate surface area is 154 Å². The molecular formula is C19H26N2O4S. The van der Waals surface area contributed by atoms with E-state index in [9.17, 15) is 13.2 Å². The van der Waals surface area contributed by atoms with Gasteiger partial charge in [0, 0.05) is 35.9 Å². The van der Waals surface area contributed by atoms with E-state index in [-0.39, 0.29) is 17.7 Å². The van der Waals surface area contributed by atoms with Crippen molar-refractivity contribution in [3.05, 3.63) is 30.0 Å². The molecule has 2 heterocycles. The summed E-state index contributed by atoms with van der Waals surface area (Å²) < 4.78 is 28.3. The minimum Gasteiger partial charge on any atom is -0.497 e.